The molecule has 2 aromatic heterocycles. The number of carbonyl (C=O) groups excluding carboxylic acids is 1. The van der Waals surface area contributed by atoms with Crippen molar-refractivity contribution in [1.82, 2.24) is 20.7 Å². The van der Waals surface area contributed by atoms with Crippen LogP contribution in [0.3, 0.4) is 0 Å². The number of fused-ring (bicyclic) bond motifs is 1. The van der Waals surface area contributed by atoms with E-state index < -0.39 is 11.7 Å². The first kappa shape index (κ1) is 17.1. The molecular weight excluding hydrogens is 371 g/mol. The summed E-state index contributed by atoms with van der Waals surface area (Å²) < 4.78 is 14.0. The van der Waals surface area contributed by atoms with Crippen molar-refractivity contribution in [3.8, 4) is 28.3 Å². The van der Waals surface area contributed by atoms with Gasteiger partial charge in [0.2, 0.25) is 5.91 Å². The van der Waals surface area contributed by atoms with Crippen molar-refractivity contribution in [3.63, 3.8) is 0 Å². The number of rotatable bonds is 4. The van der Waals surface area contributed by atoms with Gasteiger partial charge in [-0.05, 0) is 24.3 Å². The highest BCUT2D eigenvalue weighted by atomic mass is 35.5. The first-order valence-corrected chi connectivity index (χ1v) is 8.46. The molecule has 2 aromatic carbocycles. The Hall–Kier alpha value is -3.32. The Morgan fingerprint density at radius 3 is 2.89 bits per heavy atom. The topological polar surface area (TPSA) is 82.8 Å². The molecule has 6 nitrogen and oxygen atoms in total. The lowest BCUT2D eigenvalue weighted by molar-refractivity contribution is -0.125. The summed E-state index contributed by atoms with van der Waals surface area (Å²) in [7, 11) is 0. The summed E-state index contributed by atoms with van der Waals surface area (Å²) in [6.07, 6.45) is 1.85. The number of benzene rings is 2. The highest BCUT2D eigenvalue weighted by molar-refractivity contribution is 6.33. The first-order valence-electron chi connectivity index (χ1n) is 8.08. The maximum absolute atomic E-state index is 14.0. The van der Waals surface area contributed by atoms with Crippen LogP contribution in [-0.2, 0) is 4.79 Å². The van der Waals surface area contributed by atoms with E-state index in [1.165, 1.54) is 19.1 Å². The van der Waals surface area contributed by atoms with Gasteiger partial charge in [-0.2, -0.15) is 10.6 Å². The molecule has 2 heterocycles. The van der Waals surface area contributed by atoms with E-state index in [9.17, 15) is 9.18 Å². The van der Waals surface area contributed by atoms with Gasteiger partial charge in [-0.15, -0.1) is 0 Å². The molecule has 0 radical (unpaired) electrons. The molecule has 4 aromatic rings. The van der Waals surface area contributed by atoms with Gasteiger partial charge in [0.1, 0.15) is 5.82 Å². The third kappa shape index (κ3) is 3.13. The van der Waals surface area contributed by atoms with Gasteiger partial charge in [0.15, 0.2) is 5.75 Å². The Labute approximate surface area is 158 Å². The maximum Gasteiger partial charge on any atom is 0.249 e. The third-order valence-corrected chi connectivity index (χ3v) is 4.44. The van der Waals surface area contributed by atoms with Gasteiger partial charge in [0, 0.05) is 29.6 Å². The van der Waals surface area contributed by atoms with Gasteiger partial charge in [-0.25, -0.2) is 4.39 Å². The number of aromatic amines is 2. The Morgan fingerprint density at radius 2 is 2.07 bits per heavy atom. The number of nitrogens with zero attached hydrogens (tertiary/aromatic N) is 1. The van der Waals surface area contributed by atoms with Crippen LogP contribution in [0.2, 0.25) is 5.02 Å². The molecule has 0 aliphatic rings. The number of amides is 1. The van der Waals surface area contributed by atoms with E-state index in [0.717, 1.165) is 16.5 Å². The van der Waals surface area contributed by atoms with E-state index in [1.54, 1.807) is 6.07 Å². The third-order valence-electron chi connectivity index (χ3n) is 4.07. The summed E-state index contributed by atoms with van der Waals surface area (Å²) in [5.41, 5.74) is 5.48. The van der Waals surface area contributed by atoms with Crippen LogP contribution in [-0.4, -0.2) is 21.1 Å². The Kier molecular flexibility index (Phi) is 4.29. The fraction of sp³-hybridized carbons (Fsp3) is 0.0526. The number of hydrogen-bond acceptors (Lipinski definition) is 3. The molecule has 1 amide bonds. The second kappa shape index (κ2) is 6.77. The zero-order valence-electron chi connectivity index (χ0n) is 14.1. The fourth-order valence-electron chi connectivity index (χ4n) is 2.87. The van der Waals surface area contributed by atoms with Crippen LogP contribution >= 0.6 is 11.6 Å². The maximum atomic E-state index is 14.0. The number of para-hydroxylation sites is 1. The molecule has 0 aliphatic heterocycles. The molecule has 0 unspecified atom stereocenters. The number of hydrogen-bond donors (Lipinski definition) is 3. The molecule has 3 N–H and O–H groups in total. The molecule has 8 heteroatoms. The van der Waals surface area contributed by atoms with Crippen LogP contribution < -0.4 is 10.3 Å². The van der Waals surface area contributed by atoms with Crippen molar-refractivity contribution in [2.24, 2.45) is 0 Å². The minimum Gasteiger partial charge on any atom is -0.379 e. The highest BCUT2D eigenvalue weighted by Gasteiger charge is 2.19. The normalized spacial score (nSPS) is 10.9. The van der Waals surface area contributed by atoms with E-state index in [0.29, 0.717) is 11.4 Å². The van der Waals surface area contributed by atoms with Crippen LogP contribution in [0.4, 0.5) is 4.39 Å². The molecule has 0 bridgehead atoms. The number of carbonyl (C=O) groups is 1. The largest absolute Gasteiger partial charge is 0.379 e. The zero-order chi connectivity index (χ0) is 19.0. The Bertz CT molecular complexity index is 1150. The molecule has 0 fully saturated rings. The smallest absolute Gasteiger partial charge is 0.249 e. The van der Waals surface area contributed by atoms with Crippen LogP contribution in [0.1, 0.15) is 6.92 Å². The number of hydroxylamine groups is 1. The van der Waals surface area contributed by atoms with Crippen molar-refractivity contribution >= 4 is 28.4 Å². The predicted octanol–water partition coefficient (Wildman–Crippen LogP) is 4.45. The average molecular weight is 385 g/mol. The molecule has 0 saturated heterocycles. The minimum absolute atomic E-state index is 0.132. The van der Waals surface area contributed by atoms with Crippen LogP contribution in [0.15, 0.2) is 48.7 Å². The molecule has 0 aliphatic carbocycles. The summed E-state index contributed by atoms with van der Waals surface area (Å²) >= 11 is 6.16. The molecule has 0 atom stereocenters. The quantitative estimate of drug-likeness (QED) is 0.455. The number of aromatic nitrogens is 3. The fourth-order valence-corrected chi connectivity index (χ4v) is 3.12. The van der Waals surface area contributed by atoms with Gasteiger partial charge in [-0.1, -0.05) is 29.8 Å². The number of H-pyrrole nitrogens is 2. The van der Waals surface area contributed by atoms with E-state index >= 15 is 0 Å². The lowest BCUT2D eigenvalue weighted by Crippen LogP contribution is -2.24. The second-order valence-electron chi connectivity index (χ2n) is 5.91. The lowest BCUT2D eigenvalue weighted by atomic mass is 10.1. The van der Waals surface area contributed by atoms with E-state index in [4.69, 9.17) is 16.4 Å². The van der Waals surface area contributed by atoms with Crippen molar-refractivity contribution in [2.75, 3.05) is 0 Å². The second-order valence-corrected chi connectivity index (χ2v) is 6.29. The van der Waals surface area contributed by atoms with Crippen molar-refractivity contribution in [1.29, 1.82) is 0 Å². The van der Waals surface area contributed by atoms with Crippen molar-refractivity contribution in [3.05, 3.63) is 59.5 Å². The van der Waals surface area contributed by atoms with E-state index in [2.05, 4.69) is 20.7 Å². The molecular formula is C19H14ClFN4O2. The van der Waals surface area contributed by atoms with Gasteiger partial charge < -0.3 is 9.82 Å². The molecule has 4 rings (SSSR count). The summed E-state index contributed by atoms with van der Waals surface area (Å²) in [6, 6.07) is 12.1. The van der Waals surface area contributed by atoms with Crippen molar-refractivity contribution < 1.29 is 14.0 Å². The predicted molar refractivity (Wildman–Crippen MR) is 101 cm³/mol. The molecule has 27 heavy (non-hydrogen) atoms. The average Bonchev–Trinajstić information content (AvgIpc) is 3.29. The molecule has 0 spiro atoms. The van der Waals surface area contributed by atoms with Gasteiger partial charge in [-0.3, -0.25) is 9.89 Å². The monoisotopic (exact) mass is 384 g/mol. The van der Waals surface area contributed by atoms with Crippen molar-refractivity contribution in [2.45, 2.75) is 6.92 Å². The standard InChI is InChI=1S/C19H14ClFN4O2/c1-10(26)25-27-17-7-6-13(21)19(20)18(17)16-8-15(23-24-16)12-9-22-14-5-3-2-4-11(12)14/h2-9,22H,1H3,(H,23,24)(H,25,26). The van der Waals surface area contributed by atoms with Crippen LogP contribution in [0, 0.1) is 5.82 Å². The summed E-state index contributed by atoms with van der Waals surface area (Å²) in [5.74, 6) is -0.804. The zero-order valence-corrected chi connectivity index (χ0v) is 14.9. The summed E-state index contributed by atoms with van der Waals surface area (Å²) in [5, 5.41) is 8.06. The summed E-state index contributed by atoms with van der Waals surface area (Å²) in [4.78, 5) is 19.6. The van der Waals surface area contributed by atoms with Gasteiger partial charge in [0.05, 0.1) is 22.0 Å². The van der Waals surface area contributed by atoms with Crippen LogP contribution in [0.25, 0.3) is 33.4 Å². The highest BCUT2D eigenvalue weighted by Crippen LogP contribution is 2.39. The van der Waals surface area contributed by atoms with Gasteiger partial charge >= 0.3 is 0 Å². The molecule has 136 valence electrons. The van der Waals surface area contributed by atoms with E-state index in [-0.39, 0.29) is 16.3 Å². The SMILES string of the molecule is CC(=O)NOc1ccc(F)c(Cl)c1-c1cc(-c2c[nH]c3ccccc23)n[nH]1. The van der Waals surface area contributed by atoms with Gasteiger partial charge in [0.25, 0.3) is 0 Å². The van der Waals surface area contributed by atoms with E-state index in [1.807, 2.05) is 30.5 Å². The van der Waals surface area contributed by atoms with Crippen LogP contribution in [0.5, 0.6) is 5.75 Å². The number of nitrogens with one attached hydrogen (secondary N) is 3. The Balaban J connectivity index is 1.79. The summed E-state index contributed by atoms with van der Waals surface area (Å²) in [6.45, 7) is 1.30. The lowest BCUT2D eigenvalue weighted by Gasteiger charge is -2.11. The molecule has 0 saturated carbocycles. The Morgan fingerprint density at radius 1 is 1.26 bits per heavy atom. The minimum atomic E-state index is -0.606. The first-order chi connectivity index (χ1) is 13.0. The number of halogens is 2.